The van der Waals surface area contributed by atoms with E-state index in [1.165, 1.54) is 11.8 Å². The summed E-state index contributed by atoms with van der Waals surface area (Å²) in [6.45, 7) is 0. The highest BCUT2D eigenvalue weighted by Gasteiger charge is 2.33. The average molecular weight is 390 g/mol. The molecule has 1 aliphatic heterocycles. The summed E-state index contributed by atoms with van der Waals surface area (Å²) in [6, 6.07) is 26.7. The summed E-state index contributed by atoms with van der Waals surface area (Å²) in [5.41, 5.74) is 1.71. The van der Waals surface area contributed by atoms with Crippen molar-refractivity contribution in [1.82, 2.24) is 0 Å². The van der Waals surface area contributed by atoms with E-state index in [2.05, 4.69) is 0 Å². The normalized spacial score (nSPS) is 15.4. The molecule has 0 aliphatic carbocycles. The molecule has 0 atom stereocenters. The smallest absolute Gasteiger partial charge is 0.270 e. The number of amides is 1. The van der Waals surface area contributed by atoms with Crippen LogP contribution in [0.3, 0.4) is 0 Å². The molecule has 1 amide bonds. The maximum absolute atomic E-state index is 12.8. The van der Waals surface area contributed by atoms with Crippen LogP contribution < -0.4 is 9.64 Å². The minimum absolute atomic E-state index is 0.106. The van der Waals surface area contributed by atoms with E-state index < -0.39 is 0 Å². The predicted molar refractivity (Wildman–Crippen MR) is 115 cm³/mol. The number of hydrogen-bond acceptors (Lipinski definition) is 4. The van der Waals surface area contributed by atoms with Gasteiger partial charge in [0.25, 0.3) is 5.91 Å². The third-order valence-electron chi connectivity index (χ3n) is 3.96. The van der Waals surface area contributed by atoms with Crippen molar-refractivity contribution in [2.45, 2.75) is 0 Å². The molecular weight excluding hydrogens is 374 g/mol. The first-order valence-corrected chi connectivity index (χ1v) is 9.59. The van der Waals surface area contributed by atoms with Crippen molar-refractivity contribution >= 4 is 46.0 Å². The second kappa shape index (κ2) is 7.78. The zero-order valence-electron chi connectivity index (χ0n) is 14.2. The molecule has 1 heterocycles. The average Bonchev–Trinajstić information content (AvgIpc) is 2.97. The zero-order chi connectivity index (χ0) is 18.6. The van der Waals surface area contributed by atoms with Crippen LogP contribution in [0.1, 0.15) is 5.56 Å². The lowest BCUT2D eigenvalue weighted by molar-refractivity contribution is -0.113. The lowest BCUT2D eigenvalue weighted by Gasteiger charge is -2.15. The van der Waals surface area contributed by atoms with Crippen LogP contribution in [0.15, 0.2) is 89.8 Å². The molecule has 132 valence electrons. The van der Waals surface area contributed by atoms with Gasteiger partial charge in [0.1, 0.15) is 11.5 Å². The number of ether oxygens (including phenoxy) is 1. The quantitative estimate of drug-likeness (QED) is 0.411. The van der Waals surface area contributed by atoms with Gasteiger partial charge in [-0.1, -0.05) is 72.5 Å². The highest BCUT2D eigenvalue weighted by Crippen LogP contribution is 2.36. The van der Waals surface area contributed by atoms with Gasteiger partial charge in [-0.15, -0.1) is 0 Å². The van der Waals surface area contributed by atoms with E-state index in [9.17, 15) is 4.79 Å². The van der Waals surface area contributed by atoms with Gasteiger partial charge in [-0.2, -0.15) is 0 Å². The lowest BCUT2D eigenvalue weighted by Crippen LogP contribution is -2.27. The van der Waals surface area contributed by atoms with E-state index >= 15 is 0 Å². The van der Waals surface area contributed by atoms with Gasteiger partial charge in [-0.25, -0.2) is 0 Å². The Hall–Kier alpha value is -2.89. The van der Waals surface area contributed by atoms with Crippen molar-refractivity contribution in [2.75, 3.05) is 4.90 Å². The molecule has 0 aromatic heterocycles. The summed E-state index contributed by atoms with van der Waals surface area (Å²) in [5.74, 6) is 1.36. The van der Waals surface area contributed by atoms with Crippen molar-refractivity contribution in [1.29, 1.82) is 0 Å². The summed E-state index contributed by atoms with van der Waals surface area (Å²) >= 11 is 6.74. The van der Waals surface area contributed by atoms with Crippen LogP contribution >= 0.6 is 24.0 Å². The van der Waals surface area contributed by atoms with Crippen LogP contribution in [-0.2, 0) is 4.79 Å². The van der Waals surface area contributed by atoms with E-state index in [0.29, 0.717) is 15.0 Å². The SMILES string of the molecule is O=C1/C(=C/c2ccccc2)SC(=S)N1c1ccc(Oc2ccccc2)cc1. The predicted octanol–water partition coefficient (Wildman–Crippen LogP) is 5.88. The Balaban J connectivity index is 1.54. The lowest BCUT2D eigenvalue weighted by atomic mass is 10.2. The minimum atomic E-state index is -0.106. The summed E-state index contributed by atoms with van der Waals surface area (Å²) in [7, 11) is 0. The number of nitrogens with zero attached hydrogens (tertiary/aromatic N) is 1. The number of carbonyl (C=O) groups excluding carboxylic acids is 1. The molecule has 0 bridgehead atoms. The molecule has 0 spiro atoms. The van der Waals surface area contributed by atoms with Crippen molar-refractivity contribution < 1.29 is 9.53 Å². The minimum Gasteiger partial charge on any atom is -0.457 e. The Morgan fingerprint density at radius 1 is 0.815 bits per heavy atom. The summed E-state index contributed by atoms with van der Waals surface area (Å²) in [6.07, 6.45) is 1.87. The fraction of sp³-hybridized carbons (Fsp3) is 0. The highest BCUT2D eigenvalue weighted by atomic mass is 32.2. The molecular formula is C22H15NO2S2. The van der Waals surface area contributed by atoms with Gasteiger partial charge in [-0.05, 0) is 48.0 Å². The zero-order valence-corrected chi connectivity index (χ0v) is 15.9. The Bertz CT molecular complexity index is 1000. The van der Waals surface area contributed by atoms with Gasteiger partial charge >= 0.3 is 0 Å². The molecule has 3 aromatic rings. The molecule has 1 saturated heterocycles. The summed E-state index contributed by atoms with van der Waals surface area (Å²) in [5, 5.41) is 0. The first-order valence-electron chi connectivity index (χ1n) is 8.37. The molecule has 0 saturated carbocycles. The van der Waals surface area contributed by atoms with E-state index in [4.69, 9.17) is 17.0 Å². The third-order valence-corrected chi connectivity index (χ3v) is 5.27. The van der Waals surface area contributed by atoms with E-state index in [-0.39, 0.29) is 5.91 Å². The molecule has 0 radical (unpaired) electrons. The van der Waals surface area contributed by atoms with Gasteiger partial charge in [0.15, 0.2) is 4.32 Å². The van der Waals surface area contributed by atoms with Crippen molar-refractivity contribution in [2.24, 2.45) is 0 Å². The standard InChI is InChI=1S/C22H15NO2S2/c24-21-20(15-16-7-3-1-4-8-16)27-22(26)23(21)17-11-13-19(14-12-17)25-18-9-5-2-6-10-18/h1-15H/b20-15-. The Kier molecular flexibility index (Phi) is 5.05. The summed E-state index contributed by atoms with van der Waals surface area (Å²) in [4.78, 5) is 15.0. The number of thiocarbonyl (C=S) groups is 1. The Labute approximate surface area is 167 Å². The number of carbonyl (C=O) groups is 1. The van der Waals surface area contributed by atoms with Crippen LogP contribution in [0, 0.1) is 0 Å². The summed E-state index contributed by atoms with van der Waals surface area (Å²) < 4.78 is 6.32. The number of rotatable bonds is 4. The van der Waals surface area contributed by atoms with Gasteiger partial charge in [0.05, 0.1) is 10.6 Å². The fourth-order valence-corrected chi connectivity index (χ4v) is 3.98. The second-order valence-corrected chi connectivity index (χ2v) is 7.51. The fourth-order valence-electron chi connectivity index (χ4n) is 2.68. The molecule has 3 aromatic carbocycles. The maximum atomic E-state index is 12.8. The number of benzene rings is 3. The largest absolute Gasteiger partial charge is 0.457 e. The topological polar surface area (TPSA) is 29.5 Å². The van der Waals surface area contributed by atoms with E-state index in [1.807, 2.05) is 91.0 Å². The number of anilines is 1. The van der Waals surface area contributed by atoms with Gasteiger partial charge < -0.3 is 4.74 Å². The maximum Gasteiger partial charge on any atom is 0.270 e. The number of hydrogen-bond donors (Lipinski definition) is 0. The molecule has 4 rings (SSSR count). The third kappa shape index (κ3) is 3.94. The van der Waals surface area contributed by atoms with Crippen molar-refractivity contribution in [3.8, 4) is 11.5 Å². The first-order chi connectivity index (χ1) is 13.2. The van der Waals surface area contributed by atoms with Crippen molar-refractivity contribution in [3.63, 3.8) is 0 Å². The van der Waals surface area contributed by atoms with Crippen molar-refractivity contribution in [3.05, 3.63) is 95.4 Å². The van der Waals surface area contributed by atoms with Gasteiger partial charge in [0, 0.05) is 0 Å². The number of thioether (sulfide) groups is 1. The first kappa shape index (κ1) is 17.5. The van der Waals surface area contributed by atoms with Crippen LogP contribution in [0.4, 0.5) is 5.69 Å². The highest BCUT2D eigenvalue weighted by molar-refractivity contribution is 8.27. The molecule has 5 heteroatoms. The Morgan fingerprint density at radius 2 is 1.41 bits per heavy atom. The van der Waals surface area contributed by atoms with Crippen LogP contribution in [-0.4, -0.2) is 10.2 Å². The molecule has 0 N–H and O–H groups in total. The van der Waals surface area contributed by atoms with Crippen LogP contribution in [0.2, 0.25) is 0 Å². The van der Waals surface area contributed by atoms with Gasteiger partial charge in [0.2, 0.25) is 0 Å². The van der Waals surface area contributed by atoms with Gasteiger partial charge in [-0.3, -0.25) is 9.69 Å². The van der Waals surface area contributed by atoms with Crippen LogP contribution in [0.5, 0.6) is 11.5 Å². The molecule has 1 fully saturated rings. The number of para-hydroxylation sites is 1. The molecule has 1 aliphatic rings. The molecule has 0 unspecified atom stereocenters. The molecule has 3 nitrogen and oxygen atoms in total. The molecule has 27 heavy (non-hydrogen) atoms. The van der Waals surface area contributed by atoms with E-state index in [1.54, 1.807) is 4.90 Å². The van der Waals surface area contributed by atoms with E-state index in [0.717, 1.165) is 17.0 Å². The van der Waals surface area contributed by atoms with Crippen LogP contribution in [0.25, 0.3) is 6.08 Å². The Morgan fingerprint density at radius 3 is 2.07 bits per heavy atom. The monoisotopic (exact) mass is 389 g/mol. The second-order valence-electron chi connectivity index (χ2n) is 5.84.